The zero-order valence-electron chi connectivity index (χ0n) is 17.8. The lowest BCUT2D eigenvalue weighted by atomic mass is 9.85. The van der Waals surface area contributed by atoms with E-state index >= 15 is 0 Å². The number of aryl methyl sites for hydroxylation is 1. The zero-order chi connectivity index (χ0) is 22.0. The first-order chi connectivity index (χ1) is 13.3. The predicted octanol–water partition coefficient (Wildman–Crippen LogP) is 3.36. The smallest absolute Gasteiger partial charge is 0.302 e. The molecule has 0 radical (unpaired) electrons. The highest BCUT2D eigenvalue weighted by molar-refractivity contribution is 7.86. The normalized spacial score (nSPS) is 24.9. The second-order valence-corrected chi connectivity index (χ2v) is 9.95. The molecule has 1 aliphatic rings. The van der Waals surface area contributed by atoms with Crippen LogP contribution < -0.4 is 0 Å². The van der Waals surface area contributed by atoms with E-state index in [4.69, 9.17) is 18.4 Å². The maximum atomic E-state index is 12.9. The third kappa shape index (κ3) is 6.04. The van der Waals surface area contributed by atoms with Gasteiger partial charge in [-0.1, -0.05) is 45.0 Å². The number of ether oxygens (including phenoxy) is 3. The molecule has 0 amide bonds. The Kier molecular flexibility index (Phi) is 7.14. The molecule has 0 N–H and O–H groups in total. The highest BCUT2D eigenvalue weighted by Crippen LogP contribution is 2.39. The van der Waals surface area contributed by atoms with Crippen LogP contribution in [0, 0.1) is 12.3 Å². The van der Waals surface area contributed by atoms with Gasteiger partial charge in [0.25, 0.3) is 10.1 Å². The number of carbonyl (C=O) groups is 1. The molecule has 29 heavy (non-hydrogen) atoms. The van der Waals surface area contributed by atoms with E-state index in [9.17, 15) is 13.2 Å². The quantitative estimate of drug-likeness (QED) is 0.375. The summed E-state index contributed by atoms with van der Waals surface area (Å²) in [6, 6.07) is 6.35. The van der Waals surface area contributed by atoms with Crippen LogP contribution in [0.5, 0.6) is 0 Å². The van der Waals surface area contributed by atoms with Crippen molar-refractivity contribution < 1.29 is 31.6 Å². The molecular weight excluding hydrogens is 396 g/mol. The summed E-state index contributed by atoms with van der Waals surface area (Å²) in [7, 11) is -4.10. The topological polar surface area (TPSA) is 88.1 Å². The van der Waals surface area contributed by atoms with E-state index in [0.29, 0.717) is 5.76 Å². The lowest BCUT2D eigenvalue weighted by molar-refractivity contribution is -0.147. The number of benzene rings is 1. The van der Waals surface area contributed by atoms with Gasteiger partial charge < -0.3 is 14.2 Å². The Morgan fingerprint density at radius 1 is 1.14 bits per heavy atom. The number of hydrogen-bond acceptors (Lipinski definition) is 7. The van der Waals surface area contributed by atoms with Gasteiger partial charge in [0.15, 0.2) is 6.10 Å². The molecule has 0 bridgehead atoms. The first-order valence-corrected chi connectivity index (χ1v) is 10.8. The first kappa shape index (κ1) is 23.4. The average molecular weight is 427 g/mol. The summed E-state index contributed by atoms with van der Waals surface area (Å²) >= 11 is 0. The molecule has 1 fully saturated rings. The van der Waals surface area contributed by atoms with Gasteiger partial charge in [-0.25, -0.2) is 0 Å². The SMILES string of the molecule is C=C(C)O[C@@H]1[C@@H](OS(=O)(=O)c2ccc(C)cc2)[C@@H](COC(C)=O)O[C@H]1C(C)(C)C. The van der Waals surface area contributed by atoms with Gasteiger partial charge in [0.05, 0.1) is 10.7 Å². The van der Waals surface area contributed by atoms with E-state index in [1.165, 1.54) is 19.1 Å². The van der Waals surface area contributed by atoms with E-state index in [1.54, 1.807) is 19.1 Å². The van der Waals surface area contributed by atoms with Gasteiger partial charge in [0, 0.05) is 6.92 Å². The van der Waals surface area contributed by atoms with Crippen molar-refractivity contribution >= 4 is 16.1 Å². The Labute approximate surface area is 173 Å². The van der Waals surface area contributed by atoms with Crippen molar-refractivity contribution in [3.63, 3.8) is 0 Å². The van der Waals surface area contributed by atoms with E-state index < -0.39 is 40.5 Å². The van der Waals surface area contributed by atoms with Crippen LogP contribution in [-0.4, -0.2) is 45.4 Å². The molecule has 1 aromatic carbocycles. The fourth-order valence-corrected chi connectivity index (χ4v) is 4.25. The van der Waals surface area contributed by atoms with Gasteiger partial charge in [0.2, 0.25) is 0 Å². The van der Waals surface area contributed by atoms with Crippen molar-refractivity contribution in [2.45, 2.75) is 70.9 Å². The zero-order valence-corrected chi connectivity index (χ0v) is 18.6. The predicted molar refractivity (Wildman–Crippen MR) is 108 cm³/mol. The summed E-state index contributed by atoms with van der Waals surface area (Å²) in [5, 5.41) is 0. The van der Waals surface area contributed by atoms with Crippen molar-refractivity contribution in [1.29, 1.82) is 0 Å². The number of esters is 1. The van der Waals surface area contributed by atoms with E-state index in [1.807, 2.05) is 27.7 Å². The molecule has 162 valence electrons. The lowest BCUT2D eigenvalue weighted by Gasteiger charge is -2.32. The Morgan fingerprint density at radius 2 is 1.72 bits per heavy atom. The summed E-state index contributed by atoms with van der Waals surface area (Å²) < 4.78 is 48.4. The second kappa shape index (κ2) is 8.85. The fraction of sp³-hybridized carbons (Fsp3) is 0.571. The molecule has 1 saturated heterocycles. The minimum absolute atomic E-state index is 0.0302. The van der Waals surface area contributed by atoms with Crippen LogP contribution in [0.3, 0.4) is 0 Å². The molecule has 7 nitrogen and oxygen atoms in total. The van der Waals surface area contributed by atoms with E-state index in [0.717, 1.165) is 5.56 Å². The summed E-state index contributed by atoms with van der Waals surface area (Å²) in [5.74, 6) is -0.0901. The van der Waals surface area contributed by atoms with Crippen molar-refractivity contribution in [3.8, 4) is 0 Å². The average Bonchev–Trinajstić information content (AvgIpc) is 2.90. The highest BCUT2D eigenvalue weighted by Gasteiger charge is 2.53. The third-order valence-corrected chi connectivity index (χ3v) is 5.82. The van der Waals surface area contributed by atoms with Crippen LogP contribution in [0.2, 0.25) is 0 Å². The number of carbonyl (C=O) groups excluding carboxylic acids is 1. The maximum absolute atomic E-state index is 12.9. The molecular formula is C21H30O7S. The first-order valence-electron chi connectivity index (χ1n) is 9.42. The Balaban J connectivity index is 2.39. The lowest BCUT2D eigenvalue weighted by Crippen LogP contribution is -2.43. The molecule has 1 aliphatic heterocycles. The van der Waals surface area contributed by atoms with Crippen LogP contribution in [0.4, 0.5) is 0 Å². The second-order valence-electron chi connectivity index (χ2n) is 8.38. The largest absolute Gasteiger partial charge is 0.490 e. The standard InChI is InChI=1S/C21H30O7S/c1-13(2)26-19-18(28-29(23,24)16-10-8-14(3)9-11-16)17(12-25-15(4)22)27-20(19)21(5,6)7/h8-11,17-20H,1,12H2,2-7H3/t17-,18+,19-,20-/m1/s1. The van der Waals surface area contributed by atoms with E-state index in [-0.39, 0.29) is 16.9 Å². The van der Waals surface area contributed by atoms with Gasteiger partial charge in [-0.3, -0.25) is 8.98 Å². The Hall–Kier alpha value is -1.90. The minimum atomic E-state index is -4.10. The molecule has 0 aromatic heterocycles. The number of hydrogen-bond donors (Lipinski definition) is 0. The van der Waals surface area contributed by atoms with Gasteiger partial charge in [-0.15, -0.1) is 0 Å². The van der Waals surface area contributed by atoms with Gasteiger partial charge in [0.1, 0.15) is 24.9 Å². The van der Waals surface area contributed by atoms with E-state index in [2.05, 4.69) is 6.58 Å². The van der Waals surface area contributed by atoms with Crippen molar-refractivity contribution in [2.24, 2.45) is 5.41 Å². The summed E-state index contributed by atoms with van der Waals surface area (Å²) in [6.07, 6.45) is -3.07. The minimum Gasteiger partial charge on any atom is -0.490 e. The van der Waals surface area contributed by atoms with Crippen LogP contribution in [-0.2, 0) is 33.3 Å². The van der Waals surface area contributed by atoms with Gasteiger partial charge in [-0.05, 0) is 31.4 Å². The van der Waals surface area contributed by atoms with Crippen molar-refractivity contribution in [1.82, 2.24) is 0 Å². The molecule has 8 heteroatoms. The van der Waals surface area contributed by atoms with Crippen LogP contribution in [0.15, 0.2) is 41.5 Å². The molecule has 4 atom stereocenters. The molecule has 0 spiro atoms. The molecule has 1 aromatic rings. The summed E-state index contributed by atoms with van der Waals surface area (Å²) in [5.41, 5.74) is 0.539. The molecule has 1 heterocycles. The molecule has 2 rings (SSSR count). The molecule has 0 unspecified atom stereocenters. The van der Waals surface area contributed by atoms with Crippen LogP contribution >= 0.6 is 0 Å². The molecule has 0 aliphatic carbocycles. The number of rotatable bonds is 7. The van der Waals surface area contributed by atoms with Crippen molar-refractivity contribution in [3.05, 3.63) is 42.2 Å². The Bertz CT molecular complexity index is 837. The van der Waals surface area contributed by atoms with Gasteiger partial charge >= 0.3 is 5.97 Å². The summed E-state index contributed by atoms with van der Waals surface area (Å²) in [6.45, 7) is 14.3. The monoisotopic (exact) mass is 426 g/mol. The maximum Gasteiger partial charge on any atom is 0.302 e. The highest BCUT2D eigenvalue weighted by atomic mass is 32.2. The van der Waals surface area contributed by atoms with Gasteiger partial charge in [-0.2, -0.15) is 8.42 Å². The van der Waals surface area contributed by atoms with Crippen LogP contribution in [0.1, 0.15) is 40.2 Å². The fourth-order valence-electron chi connectivity index (χ4n) is 3.14. The number of allylic oxidation sites excluding steroid dienone is 1. The molecule has 0 saturated carbocycles. The van der Waals surface area contributed by atoms with Crippen molar-refractivity contribution in [2.75, 3.05) is 6.61 Å². The summed E-state index contributed by atoms with van der Waals surface area (Å²) in [4.78, 5) is 11.3. The third-order valence-electron chi connectivity index (χ3n) is 4.50. The van der Waals surface area contributed by atoms with Crippen LogP contribution in [0.25, 0.3) is 0 Å². The Morgan fingerprint density at radius 3 is 2.21 bits per heavy atom.